The molecule has 37 heavy (non-hydrogen) atoms. The number of rotatable bonds is 5. The van der Waals surface area contributed by atoms with Crippen LogP contribution in [0.4, 0.5) is 16.3 Å². The van der Waals surface area contributed by atoms with Crippen molar-refractivity contribution in [1.82, 2.24) is 29.5 Å². The molecule has 11 nitrogen and oxygen atoms in total. The van der Waals surface area contributed by atoms with Crippen LogP contribution in [0.3, 0.4) is 0 Å². The number of hydrogen-bond acceptors (Lipinski definition) is 10. The Kier molecular flexibility index (Phi) is 6.62. The first-order chi connectivity index (χ1) is 18.2. The fourth-order valence-corrected chi connectivity index (χ4v) is 5.68. The Balaban J connectivity index is 1.02. The van der Waals surface area contributed by atoms with E-state index >= 15 is 0 Å². The summed E-state index contributed by atoms with van der Waals surface area (Å²) in [5.41, 5.74) is 2.44. The molecule has 5 heterocycles. The second kappa shape index (κ2) is 10.3. The van der Waals surface area contributed by atoms with Crippen LogP contribution in [0.15, 0.2) is 49.1 Å². The number of carbonyl (C=O) groups excluding carboxylic acids is 1. The summed E-state index contributed by atoms with van der Waals surface area (Å²) in [6.07, 6.45) is 6.47. The van der Waals surface area contributed by atoms with E-state index in [1.54, 1.807) is 18.5 Å². The van der Waals surface area contributed by atoms with E-state index in [0.717, 1.165) is 70.2 Å². The molecule has 0 bridgehead atoms. The Morgan fingerprint density at radius 3 is 2.78 bits per heavy atom. The van der Waals surface area contributed by atoms with Gasteiger partial charge in [-0.15, -0.1) is 10.2 Å². The maximum Gasteiger partial charge on any atom is 0.419 e. The first kappa shape index (κ1) is 23.7. The van der Waals surface area contributed by atoms with Gasteiger partial charge < -0.3 is 20.1 Å². The van der Waals surface area contributed by atoms with Crippen LogP contribution in [-0.4, -0.2) is 105 Å². The summed E-state index contributed by atoms with van der Waals surface area (Å²) in [7, 11) is 0. The molecule has 0 aliphatic carbocycles. The number of hydrogen-bond donors (Lipinski definition) is 2. The number of benzene rings is 1. The van der Waals surface area contributed by atoms with Crippen LogP contribution in [0, 0.1) is 0 Å². The first-order valence-electron chi connectivity index (χ1n) is 12.9. The van der Waals surface area contributed by atoms with Crippen LogP contribution < -0.4 is 10.2 Å². The number of likely N-dealkylation sites (tertiary alicyclic amines) is 1. The molecule has 2 fully saturated rings. The Morgan fingerprint density at radius 1 is 1.11 bits per heavy atom. The van der Waals surface area contributed by atoms with E-state index in [2.05, 4.69) is 35.2 Å². The van der Waals surface area contributed by atoms with E-state index in [9.17, 15) is 9.90 Å². The van der Waals surface area contributed by atoms with Gasteiger partial charge in [0.1, 0.15) is 18.7 Å². The maximum absolute atomic E-state index is 12.0. The molecule has 3 aliphatic rings. The molecule has 0 amide bonds. The number of piperidine rings is 1. The zero-order valence-electron chi connectivity index (χ0n) is 20.7. The first-order valence-corrected chi connectivity index (χ1v) is 12.9. The summed E-state index contributed by atoms with van der Waals surface area (Å²) in [6, 6.07) is 10.2. The Labute approximate surface area is 215 Å². The number of imidazole rings is 1. The smallest absolute Gasteiger partial charge is 0.419 e. The Bertz CT molecular complexity index is 1230. The summed E-state index contributed by atoms with van der Waals surface area (Å²) >= 11 is 0. The summed E-state index contributed by atoms with van der Waals surface area (Å²) in [6.45, 7) is 6.97. The van der Waals surface area contributed by atoms with Crippen molar-refractivity contribution >= 4 is 17.6 Å². The molecule has 2 saturated heterocycles. The minimum atomic E-state index is -0.383. The molecular weight excluding hydrogens is 472 g/mol. The van der Waals surface area contributed by atoms with Gasteiger partial charge in [0.25, 0.3) is 0 Å². The average molecular weight is 505 g/mol. The number of piperazine rings is 1. The number of phenols is 1. The van der Waals surface area contributed by atoms with Crippen molar-refractivity contribution < 1.29 is 14.6 Å². The quantitative estimate of drug-likeness (QED) is 0.536. The van der Waals surface area contributed by atoms with Crippen LogP contribution in [0.25, 0.3) is 11.3 Å². The number of nitrogens with one attached hydrogen (secondary N) is 1. The van der Waals surface area contributed by atoms with Gasteiger partial charge in [-0.3, -0.25) is 9.80 Å². The summed E-state index contributed by atoms with van der Waals surface area (Å²) in [4.78, 5) is 23.3. The summed E-state index contributed by atoms with van der Waals surface area (Å²) in [5.74, 6) is 1.02. The van der Waals surface area contributed by atoms with Crippen molar-refractivity contribution in [3.8, 4) is 17.0 Å². The molecule has 11 heteroatoms. The number of carbonyl (C=O) groups is 1. The van der Waals surface area contributed by atoms with E-state index in [4.69, 9.17) is 4.74 Å². The number of aromatic nitrogens is 4. The van der Waals surface area contributed by atoms with Gasteiger partial charge in [0.2, 0.25) is 0 Å². The Hall–Kier alpha value is -3.70. The van der Waals surface area contributed by atoms with Crippen LogP contribution in [0.2, 0.25) is 0 Å². The normalized spacial score (nSPS) is 20.6. The molecule has 2 aromatic heterocycles. The van der Waals surface area contributed by atoms with Gasteiger partial charge in [-0.2, -0.15) is 0 Å². The molecule has 194 valence electrons. The molecule has 1 aromatic carbocycles. The summed E-state index contributed by atoms with van der Waals surface area (Å²) in [5, 5.41) is 22.5. The third-order valence-corrected chi connectivity index (χ3v) is 7.70. The standard InChI is InChI=1S/C26H32N8O3/c35-24-4-2-1-3-21(24)22-15-23-25(30-29-22)28-16-20-17-32(11-12-34(20)23)19-5-8-31(9-6-19)13-14-37-26(36)33-10-7-27-18-33/h1-4,7,10,15,18-20,35H,5-6,8-9,11-14,16-17H2,(H,28,30)/t20-/m0/s1. The summed E-state index contributed by atoms with van der Waals surface area (Å²) < 4.78 is 6.71. The lowest BCUT2D eigenvalue weighted by Crippen LogP contribution is -2.61. The average Bonchev–Trinajstić information content (AvgIpc) is 3.48. The molecule has 0 spiro atoms. The van der Waals surface area contributed by atoms with E-state index in [1.807, 2.05) is 24.3 Å². The topological polar surface area (TPSA) is 112 Å². The van der Waals surface area contributed by atoms with Crippen molar-refractivity contribution in [2.24, 2.45) is 0 Å². The largest absolute Gasteiger partial charge is 0.507 e. The highest BCUT2D eigenvalue weighted by molar-refractivity contribution is 5.76. The number of phenolic OH excluding ortho intramolecular Hbond substituents is 1. The molecule has 6 rings (SSSR count). The monoisotopic (exact) mass is 504 g/mol. The molecule has 2 N–H and O–H groups in total. The molecular formula is C26H32N8O3. The molecule has 0 unspecified atom stereocenters. The van der Waals surface area contributed by atoms with Crippen molar-refractivity contribution in [1.29, 1.82) is 0 Å². The van der Waals surface area contributed by atoms with Crippen LogP contribution >= 0.6 is 0 Å². The van der Waals surface area contributed by atoms with Crippen LogP contribution in [0.1, 0.15) is 12.8 Å². The number of anilines is 2. The lowest BCUT2D eigenvalue weighted by molar-refractivity contribution is 0.0772. The predicted octanol–water partition coefficient (Wildman–Crippen LogP) is 2.11. The Morgan fingerprint density at radius 2 is 1.97 bits per heavy atom. The fraction of sp³-hybridized carbons (Fsp3) is 0.462. The second-order valence-corrected chi connectivity index (χ2v) is 9.86. The second-order valence-electron chi connectivity index (χ2n) is 9.86. The molecule has 3 aliphatic heterocycles. The van der Waals surface area contributed by atoms with E-state index in [1.165, 1.54) is 10.9 Å². The van der Waals surface area contributed by atoms with Gasteiger partial charge in [0, 0.05) is 56.7 Å². The lowest BCUT2D eigenvalue weighted by Gasteiger charge is -2.49. The number of nitrogens with zero attached hydrogens (tertiary/aromatic N) is 7. The SMILES string of the molecule is O=C(OCCN1CCC(N2CCN3c4cc(-c5ccccc5O)nnc4NC[C@H]3C2)CC1)n1ccnc1. The van der Waals surface area contributed by atoms with Gasteiger partial charge in [-0.25, -0.2) is 14.3 Å². The fourth-order valence-electron chi connectivity index (χ4n) is 5.68. The third-order valence-electron chi connectivity index (χ3n) is 7.70. The van der Waals surface area contributed by atoms with Crippen molar-refractivity contribution in [2.75, 3.05) is 62.6 Å². The zero-order chi connectivity index (χ0) is 25.2. The van der Waals surface area contributed by atoms with Crippen LogP contribution in [-0.2, 0) is 4.74 Å². The minimum Gasteiger partial charge on any atom is -0.507 e. The number of aromatic hydroxyl groups is 1. The van der Waals surface area contributed by atoms with E-state index in [-0.39, 0.29) is 11.8 Å². The zero-order valence-corrected chi connectivity index (χ0v) is 20.7. The van der Waals surface area contributed by atoms with Gasteiger partial charge >= 0.3 is 6.09 Å². The highest BCUT2D eigenvalue weighted by atomic mass is 16.5. The third kappa shape index (κ3) is 4.96. The molecule has 0 radical (unpaired) electrons. The van der Waals surface area contributed by atoms with Crippen molar-refractivity contribution in [2.45, 2.75) is 24.9 Å². The van der Waals surface area contributed by atoms with Gasteiger partial charge in [-0.1, -0.05) is 12.1 Å². The van der Waals surface area contributed by atoms with E-state index < -0.39 is 0 Å². The lowest BCUT2D eigenvalue weighted by atomic mass is 9.99. The highest BCUT2D eigenvalue weighted by Crippen LogP contribution is 2.36. The number of para-hydroxylation sites is 1. The number of fused-ring (bicyclic) bond motifs is 3. The van der Waals surface area contributed by atoms with Crippen molar-refractivity contribution in [3.05, 3.63) is 49.1 Å². The minimum absolute atomic E-state index is 0.213. The van der Waals surface area contributed by atoms with Gasteiger partial charge in [0.15, 0.2) is 5.82 Å². The van der Waals surface area contributed by atoms with E-state index in [0.29, 0.717) is 29.9 Å². The number of ether oxygens (including phenoxy) is 1. The van der Waals surface area contributed by atoms with Crippen molar-refractivity contribution in [3.63, 3.8) is 0 Å². The molecule has 1 atom stereocenters. The predicted molar refractivity (Wildman–Crippen MR) is 139 cm³/mol. The highest BCUT2D eigenvalue weighted by Gasteiger charge is 2.36. The van der Waals surface area contributed by atoms with Gasteiger partial charge in [0.05, 0.1) is 17.4 Å². The maximum atomic E-state index is 12.0. The van der Waals surface area contributed by atoms with Crippen LogP contribution in [0.5, 0.6) is 5.75 Å². The molecule has 0 saturated carbocycles. The molecule has 3 aromatic rings. The van der Waals surface area contributed by atoms with Gasteiger partial charge in [-0.05, 0) is 44.1 Å².